The van der Waals surface area contributed by atoms with E-state index < -0.39 is 15.3 Å². The molecule has 0 saturated heterocycles. The van der Waals surface area contributed by atoms with Crippen LogP contribution < -0.4 is 5.43 Å². The van der Waals surface area contributed by atoms with E-state index in [2.05, 4.69) is 4.98 Å². The van der Waals surface area contributed by atoms with Gasteiger partial charge in [-0.2, -0.15) is 0 Å². The number of sulfone groups is 1. The molecule has 2 aromatic heterocycles. The van der Waals surface area contributed by atoms with Gasteiger partial charge < -0.3 is 4.57 Å². The number of hydrogen-bond donors (Lipinski definition) is 0. The minimum atomic E-state index is -3.85. The van der Waals surface area contributed by atoms with Crippen molar-refractivity contribution in [2.75, 3.05) is 0 Å². The summed E-state index contributed by atoms with van der Waals surface area (Å²) < 4.78 is 27.5. The summed E-state index contributed by atoms with van der Waals surface area (Å²) in [6.45, 7) is 0. The summed E-state index contributed by atoms with van der Waals surface area (Å²) >= 11 is 0. The zero-order valence-electron chi connectivity index (χ0n) is 12.2. The average Bonchev–Trinajstić information content (AvgIpc) is 3.41. The maximum atomic E-state index is 12.9. The first-order valence-corrected chi connectivity index (χ1v) is 8.87. The lowest BCUT2D eigenvalue weighted by Gasteiger charge is -2.12. The van der Waals surface area contributed by atoms with Crippen molar-refractivity contribution in [2.45, 2.75) is 28.7 Å². The lowest BCUT2D eigenvalue weighted by Crippen LogP contribution is -2.19. The van der Waals surface area contributed by atoms with Gasteiger partial charge in [-0.3, -0.25) is 4.79 Å². The Morgan fingerprint density at radius 1 is 1.04 bits per heavy atom. The molecule has 1 aliphatic rings. The summed E-state index contributed by atoms with van der Waals surface area (Å²) in [7, 11) is -3.85. The van der Waals surface area contributed by atoms with Crippen molar-refractivity contribution in [1.29, 1.82) is 0 Å². The van der Waals surface area contributed by atoms with Crippen molar-refractivity contribution in [3.63, 3.8) is 0 Å². The summed E-state index contributed by atoms with van der Waals surface area (Å²) in [5, 5.41) is 0.344. The first-order chi connectivity index (χ1) is 11.1. The molecule has 0 aliphatic heterocycles. The van der Waals surface area contributed by atoms with E-state index in [9.17, 15) is 13.2 Å². The third-order valence-electron chi connectivity index (χ3n) is 4.04. The van der Waals surface area contributed by atoms with Gasteiger partial charge in [0, 0.05) is 18.4 Å². The van der Waals surface area contributed by atoms with Crippen LogP contribution in [-0.2, 0) is 9.84 Å². The number of rotatable bonds is 3. The van der Waals surface area contributed by atoms with E-state index in [1.165, 1.54) is 18.3 Å². The lowest BCUT2D eigenvalue weighted by molar-refractivity contribution is 0.593. The van der Waals surface area contributed by atoms with Crippen LogP contribution in [0.25, 0.3) is 11.0 Å². The molecule has 2 heterocycles. The molecule has 1 saturated carbocycles. The summed E-state index contributed by atoms with van der Waals surface area (Å²) in [5.74, 6) is 0. The molecule has 6 heteroatoms. The highest BCUT2D eigenvalue weighted by Gasteiger charge is 2.29. The fourth-order valence-electron chi connectivity index (χ4n) is 2.71. The van der Waals surface area contributed by atoms with Gasteiger partial charge in [0.2, 0.25) is 15.3 Å². The lowest BCUT2D eigenvalue weighted by atomic mass is 10.3. The average molecular weight is 326 g/mol. The van der Waals surface area contributed by atoms with E-state index in [0.717, 1.165) is 12.8 Å². The number of pyridine rings is 2. The van der Waals surface area contributed by atoms with Crippen molar-refractivity contribution in [3.05, 3.63) is 65.1 Å². The van der Waals surface area contributed by atoms with Crippen LogP contribution in [-0.4, -0.2) is 18.0 Å². The van der Waals surface area contributed by atoms with Crippen LogP contribution in [0.2, 0.25) is 0 Å². The van der Waals surface area contributed by atoms with Gasteiger partial charge in [0.15, 0.2) is 0 Å². The Bertz CT molecular complexity index is 1050. The van der Waals surface area contributed by atoms with Crippen molar-refractivity contribution >= 4 is 20.9 Å². The molecule has 116 valence electrons. The van der Waals surface area contributed by atoms with Gasteiger partial charge in [0.05, 0.1) is 10.3 Å². The Balaban J connectivity index is 2.05. The van der Waals surface area contributed by atoms with Gasteiger partial charge in [-0.15, -0.1) is 0 Å². The summed E-state index contributed by atoms with van der Waals surface area (Å²) in [6.07, 6.45) is 5.02. The molecule has 1 fully saturated rings. The van der Waals surface area contributed by atoms with E-state index in [1.54, 1.807) is 36.5 Å². The zero-order valence-corrected chi connectivity index (χ0v) is 13.0. The molecule has 0 radical (unpaired) electrons. The molecule has 0 bridgehead atoms. The van der Waals surface area contributed by atoms with Crippen LogP contribution in [0.1, 0.15) is 18.9 Å². The van der Waals surface area contributed by atoms with Crippen LogP contribution in [0.5, 0.6) is 0 Å². The van der Waals surface area contributed by atoms with E-state index in [1.807, 2.05) is 4.57 Å². The Kier molecular flexibility index (Phi) is 3.09. The molecule has 0 N–H and O–H groups in total. The summed E-state index contributed by atoms with van der Waals surface area (Å²) in [5.41, 5.74) is 0.0564. The number of fused-ring (bicyclic) bond motifs is 1. The molecule has 1 aliphatic carbocycles. The maximum absolute atomic E-state index is 12.9. The minimum Gasteiger partial charge on any atom is -0.328 e. The van der Waals surface area contributed by atoms with Gasteiger partial charge in [-0.25, -0.2) is 13.4 Å². The number of benzene rings is 1. The Labute approximate surface area is 133 Å². The second kappa shape index (κ2) is 5.03. The van der Waals surface area contributed by atoms with Gasteiger partial charge in [0.1, 0.15) is 10.5 Å². The largest absolute Gasteiger partial charge is 0.328 e. The maximum Gasteiger partial charge on any atom is 0.211 e. The van der Waals surface area contributed by atoms with Crippen LogP contribution in [0.4, 0.5) is 0 Å². The second-order valence-electron chi connectivity index (χ2n) is 5.65. The van der Waals surface area contributed by atoms with Crippen LogP contribution in [0.15, 0.2) is 69.4 Å². The third kappa shape index (κ3) is 2.26. The monoisotopic (exact) mass is 326 g/mol. The van der Waals surface area contributed by atoms with Gasteiger partial charge >= 0.3 is 0 Å². The van der Waals surface area contributed by atoms with Crippen molar-refractivity contribution in [1.82, 2.24) is 9.55 Å². The number of aromatic nitrogens is 2. The predicted octanol–water partition coefficient (Wildman–Crippen LogP) is 2.56. The smallest absolute Gasteiger partial charge is 0.211 e. The van der Waals surface area contributed by atoms with Gasteiger partial charge in [-0.05, 0) is 37.1 Å². The highest BCUT2D eigenvalue weighted by atomic mass is 32.2. The van der Waals surface area contributed by atoms with E-state index in [-0.39, 0.29) is 15.8 Å². The normalized spacial score (nSPS) is 15.0. The summed E-state index contributed by atoms with van der Waals surface area (Å²) in [6, 6.07) is 11.5. The van der Waals surface area contributed by atoms with Crippen LogP contribution >= 0.6 is 0 Å². The van der Waals surface area contributed by atoms with E-state index >= 15 is 0 Å². The standard InChI is InChI=1S/C17H14N2O3S/c20-16-14-7-4-10-18-17(14)19(12-8-9-12)11-15(16)23(21,22)13-5-2-1-3-6-13/h1-7,10-12H,8-9H2. The quantitative estimate of drug-likeness (QED) is 0.742. The van der Waals surface area contributed by atoms with Crippen molar-refractivity contribution in [3.8, 4) is 0 Å². The topological polar surface area (TPSA) is 69.0 Å². The first kappa shape index (κ1) is 14.1. The summed E-state index contributed by atoms with van der Waals surface area (Å²) in [4.78, 5) is 16.9. The highest BCUT2D eigenvalue weighted by Crippen LogP contribution is 2.37. The third-order valence-corrected chi connectivity index (χ3v) is 5.80. The fraction of sp³-hybridized carbons (Fsp3) is 0.176. The second-order valence-corrected chi connectivity index (χ2v) is 7.57. The van der Waals surface area contributed by atoms with Gasteiger partial charge in [0.25, 0.3) is 0 Å². The number of nitrogens with zero attached hydrogens (tertiary/aromatic N) is 2. The molecular formula is C17H14N2O3S. The minimum absolute atomic E-state index is 0.127. The molecule has 23 heavy (non-hydrogen) atoms. The Hall–Kier alpha value is -2.47. The highest BCUT2D eigenvalue weighted by molar-refractivity contribution is 7.91. The first-order valence-electron chi connectivity index (χ1n) is 7.39. The van der Waals surface area contributed by atoms with Crippen LogP contribution in [0.3, 0.4) is 0 Å². The van der Waals surface area contributed by atoms with Gasteiger partial charge in [-0.1, -0.05) is 18.2 Å². The molecule has 0 amide bonds. The molecule has 0 unspecified atom stereocenters. The van der Waals surface area contributed by atoms with E-state index in [0.29, 0.717) is 11.0 Å². The molecule has 3 aromatic rings. The van der Waals surface area contributed by atoms with Crippen LogP contribution in [0, 0.1) is 0 Å². The molecule has 4 rings (SSSR count). The SMILES string of the molecule is O=c1c(S(=O)(=O)c2ccccc2)cn(C2CC2)c2ncccc12. The molecule has 1 aromatic carbocycles. The van der Waals surface area contributed by atoms with Crippen molar-refractivity contribution < 1.29 is 8.42 Å². The Morgan fingerprint density at radius 2 is 1.78 bits per heavy atom. The van der Waals surface area contributed by atoms with E-state index in [4.69, 9.17) is 0 Å². The zero-order chi connectivity index (χ0) is 16.0. The Morgan fingerprint density at radius 3 is 2.48 bits per heavy atom. The predicted molar refractivity (Wildman–Crippen MR) is 86.2 cm³/mol. The number of hydrogen-bond acceptors (Lipinski definition) is 4. The fourth-order valence-corrected chi connectivity index (χ4v) is 4.08. The molecule has 5 nitrogen and oxygen atoms in total. The van der Waals surface area contributed by atoms with Crippen molar-refractivity contribution in [2.24, 2.45) is 0 Å². The molecule has 0 atom stereocenters. The molecular weight excluding hydrogens is 312 g/mol. The molecule has 0 spiro atoms.